The number of anilines is 1. The number of benzene rings is 1. The predicted molar refractivity (Wildman–Crippen MR) is 85.3 cm³/mol. The Labute approximate surface area is 133 Å². The third-order valence-electron chi connectivity index (χ3n) is 3.42. The molecule has 116 valence electrons. The third kappa shape index (κ3) is 3.03. The number of nitrogens with one attached hydrogen (secondary N) is 1. The molecule has 2 heterocycles. The van der Waals surface area contributed by atoms with Crippen LogP contribution in [0, 0.1) is 0 Å². The number of nitrogens with zero attached hydrogens (tertiary/aromatic N) is 4. The van der Waals surface area contributed by atoms with Crippen molar-refractivity contribution in [2.24, 2.45) is 0 Å². The first-order chi connectivity index (χ1) is 11.2. The lowest BCUT2D eigenvalue weighted by Gasteiger charge is -2.17. The third-order valence-corrected chi connectivity index (χ3v) is 3.42. The van der Waals surface area contributed by atoms with Gasteiger partial charge in [-0.05, 0) is 18.2 Å². The number of carbonyl (C=O) groups is 1. The first-order valence-corrected chi connectivity index (χ1v) is 6.93. The molecule has 0 bridgehead atoms. The summed E-state index contributed by atoms with van der Waals surface area (Å²) < 4.78 is 5.02. The molecule has 0 fully saturated rings. The minimum atomic E-state index is -0.140. The van der Waals surface area contributed by atoms with Crippen molar-refractivity contribution >= 4 is 11.6 Å². The SMILES string of the molecule is COc1ccc(N(C)C(=O)c2cccc(-c3ncn[nH]3)c2)cn1. The second kappa shape index (κ2) is 6.27. The first-order valence-electron chi connectivity index (χ1n) is 6.93. The number of aromatic nitrogens is 4. The second-order valence-electron chi connectivity index (χ2n) is 4.84. The Hall–Kier alpha value is -3.22. The van der Waals surface area contributed by atoms with Crippen molar-refractivity contribution < 1.29 is 9.53 Å². The number of hydrogen-bond donors (Lipinski definition) is 1. The number of carbonyl (C=O) groups excluding carboxylic acids is 1. The Bertz CT molecular complexity index is 800. The van der Waals surface area contributed by atoms with Crippen molar-refractivity contribution in [1.29, 1.82) is 0 Å². The summed E-state index contributed by atoms with van der Waals surface area (Å²) in [4.78, 5) is 22.4. The van der Waals surface area contributed by atoms with Crippen LogP contribution < -0.4 is 9.64 Å². The monoisotopic (exact) mass is 309 g/mol. The van der Waals surface area contributed by atoms with E-state index in [2.05, 4.69) is 20.2 Å². The maximum Gasteiger partial charge on any atom is 0.258 e. The van der Waals surface area contributed by atoms with Gasteiger partial charge in [0.15, 0.2) is 5.82 Å². The summed E-state index contributed by atoms with van der Waals surface area (Å²) in [5.74, 6) is 0.980. The number of rotatable bonds is 4. The van der Waals surface area contributed by atoms with Crippen molar-refractivity contribution in [1.82, 2.24) is 20.2 Å². The zero-order valence-corrected chi connectivity index (χ0v) is 12.7. The van der Waals surface area contributed by atoms with Crippen molar-refractivity contribution in [3.63, 3.8) is 0 Å². The molecule has 23 heavy (non-hydrogen) atoms. The molecule has 0 saturated heterocycles. The van der Waals surface area contributed by atoms with Crippen LogP contribution in [0.2, 0.25) is 0 Å². The van der Waals surface area contributed by atoms with Crippen LogP contribution in [0.1, 0.15) is 10.4 Å². The van der Waals surface area contributed by atoms with Gasteiger partial charge in [-0.25, -0.2) is 9.97 Å². The summed E-state index contributed by atoms with van der Waals surface area (Å²) in [6.07, 6.45) is 3.02. The Morgan fingerprint density at radius 1 is 1.22 bits per heavy atom. The minimum absolute atomic E-state index is 0.140. The normalized spacial score (nSPS) is 10.3. The molecule has 0 aliphatic carbocycles. The second-order valence-corrected chi connectivity index (χ2v) is 4.84. The van der Waals surface area contributed by atoms with Crippen LogP contribution in [0.5, 0.6) is 5.88 Å². The van der Waals surface area contributed by atoms with Gasteiger partial charge in [-0.3, -0.25) is 9.89 Å². The highest BCUT2D eigenvalue weighted by Gasteiger charge is 2.15. The number of hydrogen-bond acceptors (Lipinski definition) is 5. The summed E-state index contributed by atoms with van der Waals surface area (Å²) in [5.41, 5.74) is 2.03. The molecule has 0 aliphatic heterocycles. The molecule has 7 nitrogen and oxygen atoms in total. The van der Waals surface area contributed by atoms with E-state index in [4.69, 9.17) is 4.74 Å². The average molecular weight is 309 g/mol. The largest absolute Gasteiger partial charge is 0.481 e. The number of H-pyrrole nitrogens is 1. The first kappa shape index (κ1) is 14.7. The Kier molecular flexibility index (Phi) is 4.01. The summed E-state index contributed by atoms with van der Waals surface area (Å²) in [6.45, 7) is 0. The van der Waals surface area contributed by atoms with E-state index in [0.717, 1.165) is 5.56 Å². The van der Waals surface area contributed by atoms with Crippen LogP contribution in [0.4, 0.5) is 5.69 Å². The molecule has 0 spiro atoms. The summed E-state index contributed by atoms with van der Waals surface area (Å²) >= 11 is 0. The number of ether oxygens (including phenoxy) is 1. The molecule has 1 N–H and O–H groups in total. The van der Waals surface area contributed by atoms with Crippen molar-refractivity contribution in [2.45, 2.75) is 0 Å². The summed E-state index contributed by atoms with van der Waals surface area (Å²) in [7, 11) is 3.25. The van der Waals surface area contributed by atoms with Crippen molar-refractivity contribution in [3.05, 3.63) is 54.5 Å². The smallest absolute Gasteiger partial charge is 0.258 e. The van der Waals surface area contributed by atoms with Crippen LogP contribution in [0.25, 0.3) is 11.4 Å². The predicted octanol–water partition coefficient (Wildman–Crippen LogP) is 2.15. The Morgan fingerprint density at radius 2 is 2.09 bits per heavy atom. The van der Waals surface area contributed by atoms with Gasteiger partial charge in [-0.15, -0.1) is 0 Å². The topological polar surface area (TPSA) is 84.0 Å². The quantitative estimate of drug-likeness (QED) is 0.798. The number of amides is 1. The zero-order valence-electron chi connectivity index (χ0n) is 12.7. The molecule has 3 rings (SSSR count). The van der Waals surface area contributed by atoms with E-state index >= 15 is 0 Å². The molecule has 2 aromatic heterocycles. The minimum Gasteiger partial charge on any atom is -0.481 e. The molecule has 0 unspecified atom stereocenters. The van der Waals surface area contributed by atoms with E-state index < -0.39 is 0 Å². The van der Waals surface area contributed by atoms with Gasteiger partial charge in [0.05, 0.1) is 19.0 Å². The van der Waals surface area contributed by atoms with E-state index in [0.29, 0.717) is 23.0 Å². The molecule has 0 aliphatic rings. The van der Waals surface area contributed by atoms with E-state index in [1.165, 1.54) is 11.2 Å². The number of methoxy groups -OCH3 is 1. The van der Waals surface area contributed by atoms with E-state index in [9.17, 15) is 4.79 Å². The average Bonchev–Trinajstić information content (AvgIpc) is 3.15. The lowest BCUT2D eigenvalue weighted by atomic mass is 10.1. The molecule has 0 radical (unpaired) electrons. The summed E-state index contributed by atoms with van der Waals surface area (Å²) in [6, 6.07) is 10.7. The fourth-order valence-electron chi connectivity index (χ4n) is 2.15. The Morgan fingerprint density at radius 3 is 2.74 bits per heavy atom. The van der Waals surface area contributed by atoms with Gasteiger partial charge >= 0.3 is 0 Å². The lowest BCUT2D eigenvalue weighted by Crippen LogP contribution is -2.26. The van der Waals surface area contributed by atoms with E-state index in [1.807, 2.05) is 12.1 Å². The van der Waals surface area contributed by atoms with Crippen LogP contribution in [-0.4, -0.2) is 40.2 Å². The highest BCUT2D eigenvalue weighted by Crippen LogP contribution is 2.20. The highest BCUT2D eigenvalue weighted by molar-refractivity contribution is 6.06. The summed E-state index contributed by atoms with van der Waals surface area (Å²) in [5, 5.41) is 6.60. The van der Waals surface area contributed by atoms with Gasteiger partial charge < -0.3 is 9.64 Å². The van der Waals surface area contributed by atoms with Gasteiger partial charge in [0.2, 0.25) is 5.88 Å². The van der Waals surface area contributed by atoms with E-state index in [-0.39, 0.29) is 5.91 Å². The molecule has 0 atom stereocenters. The molecular weight excluding hydrogens is 294 g/mol. The molecule has 7 heteroatoms. The molecular formula is C16H15N5O2. The fourth-order valence-corrected chi connectivity index (χ4v) is 2.15. The van der Waals surface area contributed by atoms with Crippen LogP contribution in [-0.2, 0) is 0 Å². The van der Waals surface area contributed by atoms with Gasteiger partial charge in [0, 0.05) is 24.2 Å². The number of aromatic amines is 1. The van der Waals surface area contributed by atoms with Crippen molar-refractivity contribution in [3.8, 4) is 17.3 Å². The standard InChI is InChI=1S/C16H15N5O2/c1-21(13-6-7-14(23-2)17-9-13)16(22)12-5-3-4-11(8-12)15-18-10-19-20-15/h3-10H,1-2H3,(H,18,19,20). The maximum absolute atomic E-state index is 12.6. The highest BCUT2D eigenvalue weighted by atomic mass is 16.5. The van der Waals surface area contributed by atoms with E-state index in [1.54, 1.807) is 44.6 Å². The van der Waals surface area contributed by atoms with Gasteiger partial charge in [0.1, 0.15) is 6.33 Å². The number of pyridine rings is 1. The lowest BCUT2D eigenvalue weighted by molar-refractivity contribution is 0.0993. The zero-order chi connectivity index (χ0) is 16.2. The van der Waals surface area contributed by atoms with Crippen molar-refractivity contribution in [2.75, 3.05) is 19.1 Å². The molecule has 3 aromatic rings. The van der Waals surface area contributed by atoms with Crippen LogP contribution in [0.3, 0.4) is 0 Å². The maximum atomic E-state index is 12.6. The van der Waals surface area contributed by atoms with Crippen LogP contribution in [0.15, 0.2) is 48.9 Å². The van der Waals surface area contributed by atoms with Gasteiger partial charge in [0.25, 0.3) is 5.91 Å². The van der Waals surface area contributed by atoms with Gasteiger partial charge in [-0.2, -0.15) is 5.10 Å². The molecule has 1 aromatic carbocycles. The fraction of sp³-hybridized carbons (Fsp3) is 0.125. The molecule has 1 amide bonds. The van der Waals surface area contributed by atoms with Crippen LogP contribution >= 0.6 is 0 Å². The molecule has 0 saturated carbocycles. The Balaban J connectivity index is 1.85. The van der Waals surface area contributed by atoms with Gasteiger partial charge in [-0.1, -0.05) is 12.1 Å².